The Bertz CT molecular complexity index is 441. The second-order valence-corrected chi connectivity index (χ2v) is 8.63. The summed E-state index contributed by atoms with van der Waals surface area (Å²) in [6.07, 6.45) is 2.10. The Balaban J connectivity index is 2.72. The summed E-state index contributed by atoms with van der Waals surface area (Å²) in [5.41, 5.74) is 4.46. The molecule has 0 aromatic carbocycles. The normalized spacial score (nSPS) is 28.2. The number of nitrogens with one attached hydrogen (secondary N) is 1. The Hall–Kier alpha value is -0.820. The number of rotatable bonds is 3. The highest BCUT2D eigenvalue weighted by atomic mass is 32.2. The second-order valence-electron chi connectivity index (χ2n) is 6.31. The van der Waals surface area contributed by atoms with Crippen LogP contribution in [0.25, 0.3) is 0 Å². The number of hydrogen-bond donors (Lipinski definition) is 2. The van der Waals surface area contributed by atoms with E-state index in [9.17, 15) is 13.2 Å². The molecule has 0 aromatic heterocycles. The van der Waals surface area contributed by atoms with Gasteiger partial charge in [0, 0.05) is 12.8 Å². The summed E-state index contributed by atoms with van der Waals surface area (Å²) >= 11 is 0. The minimum absolute atomic E-state index is 0.207. The van der Waals surface area contributed by atoms with Gasteiger partial charge in [-0.3, -0.25) is 0 Å². The van der Waals surface area contributed by atoms with Crippen LogP contribution in [-0.2, 0) is 14.6 Å². The van der Waals surface area contributed by atoms with Crippen LogP contribution in [0.2, 0.25) is 0 Å². The summed E-state index contributed by atoms with van der Waals surface area (Å²) in [6, 6.07) is 0. The van der Waals surface area contributed by atoms with Crippen LogP contribution in [0.15, 0.2) is 0 Å². The van der Waals surface area contributed by atoms with Crippen LogP contribution in [0.5, 0.6) is 0 Å². The summed E-state index contributed by atoms with van der Waals surface area (Å²) in [4.78, 5) is 11.8. The first-order valence-corrected chi connectivity index (χ1v) is 8.33. The van der Waals surface area contributed by atoms with Crippen LogP contribution < -0.4 is 11.1 Å². The van der Waals surface area contributed by atoms with Crippen LogP contribution >= 0.6 is 0 Å². The number of ether oxygens (including phenoxy) is 1. The predicted molar refractivity (Wildman–Crippen MR) is 73.6 cm³/mol. The van der Waals surface area contributed by atoms with E-state index in [1.807, 2.05) is 0 Å². The van der Waals surface area contributed by atoms with Gasteiger partial charge in [0.2, 0.25) is 0 Å². The van der Waals surface area contributed by atoms with Crippen molar-refractivity contribution in [2.45, 2.75) is 56.4 Å². The SMILES string of the molecule is CC(C)(C)OC(=O)N[C@]1(CN)CC[C@H](S(C)(=O)=O)C1. The van der Waals surface area contributed by atoms with Crippen LogP contribution in [-0.4, -0.2) is 43.7 Å². The molecule has 1 amide bonds. The molecule has 2 atom stereocenters. The Kier molecular flexibility index (Phi) is 4.51. The summed E-state index contributed by atoms with van der Waals surface area (Å²) < 4.78 is 28.3. The molecule has 19 heavy (non-hydrogen) atoms. The van der Waals surface area contributed by atoms with Crippen LogP contribution in [0, 0.1) is 0 Å². The van der Waals surface area contributed by atoms with Gasteiger partial charge in [-0.25, -0.2) is 13.2 Å². The van der Waals surface area contributed by atoms with Crippen molar-refractivity contribution in [3.63, 3.8) is 0 Å². The molecular weight excluding hydrogens is 268 g/mol. The lowest BCUT2D eigenvalue weighted by atomic mass is 9.98. The van der Waals surface area contributed by atoms with Crippen molar-refractivity contribution >= 4 is 15.9 Å². The molecule has 0 bridgehead atoms. The zero-order valence-electron chi connectivity index (χ0n) is 12.0. The highest BCUT2D eigenvalue weighted by molar-refractivity contribution is 7.91. The fraction of sp³-hybridized carbons (Fsp3) is 0.917. The van der Waals surface area contributed by atoms with Crippen molar-refractivity contribution in [3.05, 3.63) is 0 Å². The van der Waals surface area contributed by atoms with Crippen LogP contribution in [0.1, 0.15) is 40.0 Å². The summed E-state index contributed by atoms with van der Waals surface area (Å²) in [7, 11) is -3.10. The van der Waals surface area contributed by atoms with E-state index in [-0.39, 0.29) is 6.54 Å². The number of amides is 1. The predicted octanol–water partition coefficient (Wildman–Crippen LogP) is 0.806. The van der Waals surface area contributed by atoms with Gasteiger partial charge in [0.15, 0.2) is 0 Å². The van der Waals surface area contributed by atoms with E-state index in [0.29, 0.717) is 19.3 Å². The lowest BCUT2D eigenvalue weighted by molar-refractivity contribution is 0.0460. The summed E-state index contributed by atoms with van der Waals surface area (Å²) in [6.45, 7) is 5.53. The molecule has 0 aromatic rings. The Morgan fingerprint density at radius 2 is 2.05 bits per heavy atom. The molecule has 0 radical (unpaired) electrons. The molecule has 6 nitrogen and oxygen atoms in total. The van der Waals surface area contributed by atoms with Crippen LogP contribution in [0.4, 0.5) is 4.79 Å². The van der Waals surface area contributed by atoms with Gasteiger partial charge in [0.25, 0.3) is 0 Å². The third kappa shape index (κ3) is 4.65. The van der Waals surface area contributed by atoms with Gasteiger partial charge in [0.1, 0.15) is 15.4 Å². The number of sulfone groups is 1. The minimum Gasteiger partial charge on any atom is -0.444 e. The number of nitrogens with two attached hydrogens (primary N) is 1. The van der Waals surface area contributed by atoms with E-state index in [1.54, 1.807) is 20.8 Å². The van der Waals surface area contributed by atoms with E-state index in [1.165, 1.54) is 6.26 Å². The first-order valence-electron chi connectivity index (χ1n) is 6.38. The molecule has 0 unspecified atom stereocenters. The molecule has 0 saturated heterocycles. The van der Waals surface area contributed by atoms with Gasteiger partial charge in [-0.15, -0.1) is 0 Å². The largest absolute Gasteiger partial charge is 0.444 e. The Morgan fingerprint density at radius 3 is 2.42 bits per heavy atom. The number of carbonyl (C=O) groups excluding carboxylic acids is 1. The zero-order chi connectivity index (χ0) is 14.9. The standard InChI is InChI=1S/C12H24N2O4S/c1-11(2,3)18-10(15)14-12(8-13)6-5-9(7-12)19(4,16)17/h9H,5-8,13H2,1-4H3,(H,14,15)/t9-,12+/m0/s1. The van der Waals surface area contributed by atoms with Gasteiger partial charge in [-0.1, -0.05) is 0 Å². The van der Waals surface area contributed by atoms with Gasteiger partial charge in [-0.2, -0.15) is 0 Å². The average molecular weight is 292 g/mol. The fourth-order valence-corrected chi connectivity index (χ4v) is 3.48. The van der Waals surface area contributed by atoms with Crippen molar-refractivity contribution in [3.8, 4) is 0 Å². The van der Waals surface area contributed by atoms with E-state index in [2.05, 4.69) is 5.32 Å². The smallest absolute Gasteiger partial charge is 0.408 e. The summed E-state index contributed by atoms with van der Waals surface area (Å²) in [5.74, 6) is 0. The molecule has 112 valence electrons. The minimum atomic E-state index is -3.10. The number of hydrogen-bond acceptors (Lipinski definition) is 5. The Labute approximate surface area is 115 Å². The lowest BCUT2D eigenvalue weighted by Gasteiger charge is -2.30. The monoisotopic (exact) mass is 292 g/mol. The molecule has 0 heterocycles. The fourth-order valence-electron chi connectivity index (χ4n) is 2.31. The maximum atomic E-state index is 11.8. The third-order valence-corrected chi connectivity index (χ3v) is 4.94. The molecule has 0 spiro atoms. The van der Waals surface area contributed by atoms with Gasteiger partial charge < -0.3 is 15.8 Å². The maximum absolute atomic E-state index is 11.8. The van der Waals surface area contributed by atoms with Crippen molar-refractivity contribution in [1.29, 1.82) is 0 Å². The van der Waals surface area contributed by atoms with E-state index < -0.39 is 32.3 Å². The molecule has 7 heteroatoms. The molecule has 3 N–H and O–H groups in total. The van der Waals surface area contributed by atoms with Gasteiger partial charge in [-0.05, 0) is 40.0 Å². The molecule has 1 aliphatic carbocycles. The molecule has 1 rings (SSSR count). The van der Waals surface area contributed by atoms with Crippen molar-refractivity contribution < 1.29 is 17.9 Å². The number of carbonyl (C=O) groups is 1. The Morgan fingerprint density at radius 1 is 1.47 bits per heavy atom. The molecule has 1 saturated carbocycles. The molecule has 1 fully saturated rings. The van der Waals surface area contributed by atoms with Crippen molar-refractivity contribution in [2.75, 3.05) is 12.8 Å². The summed E-state index contributed by atoms with van der Waals surface area (Å²) in [5, 5.41) is 2.31. The second kappa shape index (κ2) is 5.28. The molecule has 0 aliphatic heterocycles. The van der Waals surface area contributed by atoms with Gasteiger partial charge in [0.05, 0.1) is 10.8 Å². The third-order valence-electron chi connectivity index (χ3n) is 3.33. The highest BCUT2D eigenvalue weighted by Crippen LogP contribution is 2.33. The maximum Gasteiger partial charge on any atom is 0.408 e. The van der Waals surface area contributed by atoms with Crippen molar-refractivity contribution in [2.24, 2.45) is 5.73 Å². The van der Waals surface area contributed by atoms with Crippen molar-refractivity contribution in [1.82, 2.24) is 5.32 Å². The lowest BCUT2D eigenvalue weighted by Crippen LogP contribution is -2.53. The zero-order valence-corrected chi connectivity index (χ0v) is 12.8. The van der Waals surface area contributed by atoms with E-state index >= 15 is 0 Å². The first kappa shape index (κ1) is 16.2. The number of alkyl carbamates (subject to hydrolysis) is 1. The van der Waals surface area contributed by atoms with Gasteiger partial charge >= 0.3 is 6.09 Å². The van der Waals surface area contributed by atoms with E-state index in [4.69, 9.17) is 10.5 Å². The quantitative estimate of drug-likeness (QED) is 0.802. The van der Waals surface area contributed by atoms with Crippen LogP contribution in [0.3, 0.4) is 0 Å². The molecular formula is C12H24N2O4S. The molecule has 1 aliphatic rings. The topological polar surface area (TPSA) is 98.5 Å². The van der Waals surface area contributed by atoms with E-state index in [0.717, 1.165) is 0 Å². The first-order chi connectivity index (χ1) is 8.47. The highest BCUT2D eigenvalue weighted by Gasteiger charge is 2.43. The average Bonchev–Trinajstić information content (AvgIpc) is 2.59.